The molecule has 1 aliphatic rings. The van der Waals surface area contributed by atoms with Gasteiger partial charge in [0.25, 0.3) is 0 Å². The van der Waals surface area contributed by atoms with Gasteiger partial charge in [-0.2, -0.15) is 0 Å². The molecule has 0 unspecified atom stereocenters. The van der Waals surface area contributed by atoms with E-state index in [0.29, 0.717) is 18.4 Å². The molecule has 0 radical (unpaired) electrons. The van der Waals surface area contributed by atoms with Crippen LogP contribution in [0, 0.1) is 5.92 Å². The van der Waals surface area contributed by atoms with Crippen LogP contribution in [0.1, 0.15) is 24.8 Å². The second-order valence-electron chi connectivity index (χ2n) is 5.27. The molecule has 2 rings (SSSR count). The number of ether oxygens (including phenoxy) is 1. The molecule has 19 heavy (non-hydrogen) atoms. The summed E-state index contributed by atoms with van der Waals surface area (Å²) in [7, 11) is 2.11. The Labute approximate surface area is 119 Å². The highest BCUT2D eigenvalue weighted by atomic mass is 35.5. The van der Waals surface area contributed by atoms with Crippen molar-refractivity contribution in [2.24, 2.45) is 5.92 Å². The van der Waals surface area contributed by atoms with Gasteiger partial charge in [0.05, 0.1) is 6.61 Å². The Balaban J connectivity index is 2.10. The molecule has 0 amide bonds. The van der Waals surface area contributed by atoms with E-state index < -0.39 is 0 Å². The van der Waals surface area contributed by atoms with Crippen LogP contribution in [-0.4, -0.2) is 37.6 Å². The molecule has 0 aromatic heterocycles. The van der Waals surface area contributed by atoms with Gasteiger partial charge in [0.2, 0.25) is 0 Å². The highest BCUT2D eigenvalue weighted by Crippen LogP contribution is 2.33. The molecule has 104 valence electrons. The zero-order valence-electron chi connectivity index (χ0n) is 11.4. The third-order valence-corrected chi connectivity index (χ3v) is 3.99. The van der Waals surface area contributed by atoms with Crippen molar-refractivity contribution < 1.29 is 9.53 Å². The van der Waals surface area contributed by atoms with Crippen molar-refractivity contribution in [1.82, 2.24) is 4.90 Å². The summed E-state index contributed by atoms with van der Waals surface area (Å²) in [5, 5.41) is 0.758. The maximum Gasteiger partial charge on any atom is 0.302 e. The minimum absolute atomic E-state index is 0.205. The van der Waals surface area contributed by atoms with Gasteiger partial charge in [-0.25, -0.2) is 0 Å². The number of halogens is 1. The number of rotatable bonds is 3. The van der Waals surface area contributed by atoms with Crippen LogP contribution in [0.3, 0.4) is 0 Å². The molecule has 1 aromatic rings. The summed E-state index contributed by atoms with van der Waals surface area (Å²) in [5.41, 5.74) is 1.29. The van der Waals surface area contributed by atoms with Crippen molar-refractivity contribution in [3.63, 3.8) is 0 Å². The van der Waals surface area contributed by atoms with Crippen LogP contribution in [0.2, 0.25) is 5.02 Å². The topological polar surface area (TPSA) is 29.5 Å². The average molecular weight is 282 g/mol. The van der Waals surface area contributed by atoms with Crippen molar-refractivity contribution in [2.45, 2.75) is 19.3 Å². The number of nitrogens with zero attached hydrogens (tertiary/aromatic N) is 1. The van der Waals surface area contributed by atoms with Gasteiger partial charge in [0.15, 0.2) is 0 Å². The van der Waals surface area contributed by atoms with Gasteiger partial charge in [0.1, 0.15) is 0 Å². The highest BCUT2D eigenvalue weighted by molar-refractivity contribution is 6.30. The van der Waals surface area contributed by atoms with Gasteiger partial charge in [-0.3, -0.25) is 4.79 Å². The van der Waals surface area contributed by atoms with Gasteiger partial charge in [0, 0.05) is 24.4 Å². The molecular formula is C15H20ClNO2. The van der Waals surface area contributed by atoms with E-state index in [9.17, 15) is 4.79 Å². The zero-order valence-corrected chi connectivity index (χ0v) is 12.2. The maximum atomic E-state index is 11.0. The maximum absolute atomic E-state index is 11.0. The van der Waals surface area contributed by atoms with E-state index in [-0.39, 0.29) is 5.97 Å². The first kappa shape index (κ1) is 14.4. The fourth-order valence-electron chi connectivity index (χ4n) is 2.76. The van der Waals surface area contributed by atoms with Crippen LogP contribution in [0.5, 0.6) is 0 Å². The lowest BCUT2D eigenvalue weighted by Gasteiger charge is -2.36. The number of piperidine rings is 1. The minimum Gasteiger partial charge on any atom is -0.466 e. The summed E-state index contributed by atoms with van der Waals surface area (Å²) in [4.78, 5) is 13.3. The molecule has 0 spiro atoms. The van der Waals surface area contributed by atoms with E-state index in [1.165, 1.54) is 12.5 Å². The Hall–Kier alpha value is -1.06. The van der Waals surface area contributed by atoms with E-state index in [0.717, 1.165) is 24.5 Å². The summed E-state index contributed by atoms with van der Waals surface area (Å²) in [5.74, 6) is 0.583. The van der Waals surface area contributed by atoms with E-state index in [2.05, 4.69) is 24.1 Å². The summed E-state index contributed by atoms with van der Waals surface area (Å²) >= 11 is 5.94. The second kappa shape index (κ2) is 6.40. The van der Waals surface area contributed by atoms with Gasteiger partial charge >= 0.3 is 5.97 Å². The first-order chi connectivity index (χ1) is 9.06. The van der Waals surface area contributed by atoms with Crippen molar-refractivity contribution in [1.29, 1.82) is 0 Å². The molecule has 0 aliphatic carbocycles. The third-order valence-electron chi connectivity index (χ3n) is 3.74. The molecular weight excluding hydrogens is 262 g/mol. The lowest BCUT2D eigenvalue weighted by Crippen LogP contribution is -2.39. The largest absolute Gasteiger partial charge is 0.466 e. The fourth-order valence-corrected chi connectivity index (χ4v) is 2.88. The van der Waals surface area contributed by atoms with Gasteiger partial charge < -0.3 is 9.64 Å². The van der Waals surface area contributed by atoms with Gasteiger partial charge in [-0.15, -0.1) is 0 Å². The lowest BCUT2D eigenvalue weighted by molar-refractivity contribution is -0.143. The van der Waals surface area contributed by atoms with Crippen LogP contribution in [0.15, 0.2) is 24.3 Å². The minimum atomic E-state index is -0.205. The molecule has 1 fully saturated rings. The number of carbonyl (C=O) groups is 1. The Morgan fingerprint density at radius 3 is 2.74 bits per heavy atom. The smallest absolute Gasteiger partial charge is 0.302 e. The summed E-state index contributed by atoms with van der Waals surface area (Å²) < 4.78 is 5.21. The molecule has 2 atom stereocenters. The van der Waals surface area contributed by atoms with Gasteiger partial charge in [-0.05, 0) is 43.6 Å². The van der Waals surface area contributed by atoms with Crippen LogP contribution in [0.4, 0.5) is 0 Å². The predicted octanol–water partition coefficient (Wildman–Crippen LogP) is 2.94. The molecule has 0 saturated carbocycles. The first-order valence-electron chi connectivity index (χ1n) is 6.63. The van der Waals surface area contributed by atoms with Crippen molar-refractivity contribution in [3.05, 3.63) is 34.9 Å². The molecule has 1 aliphatic heterocycles. The van der Waals surface area contributed by atoms with E-state index >= 15 is 0 Å². The van der Waals surface area contributed by atoms with Crippen molar-refractivity contribution in [2.75, 3.05) is 26.7 Å². The molecule has 1 aromatic carbocycles. The van der Waals surface area contributed by atoms with E-state index in [1.54, 1.807) is 0 Å². The standard InChI is InChI=1S/C15H20ClNO2/c1-11(18)19-10-13-9-17(2)8-7-15(13)12-3-5-14(16)6-4-12/h3-6,13,15H,7-10H2,1-2H3/t13-,15+/m0/s1. The third kappa shape index (κ3) is 3.95. The Kier molecular flexibility index (Phi) is 4.83. The quantitative estimate of drug-likeness (QED) is 0.798. The lowest BCUT2D eigenvalue weighted by atomic mass is 9.81. The Bertz CT molecular complexity index is 432. The van der Waals surface area contributed by atoms with Gasteiger partial charge in [-0.1, -0.05) is 23.7 Å². The number of esters is 1. The molecule has 1 saturated heterocycles. The SMILES string of the molecule is CC(=O)OC[C@@H]1CN(C)CC[C@@H]1c1ccc(Cl)cc1. The number of carbonyl (C=O) groups excluding carboxylic acids is 1. The van der Waals surface area contributed by atoms with Crippen molar-refractivity contribution >= 4 is 17.6 Å². The Morgan fingerprint density at radius 2 is 2.11 bits per heavy atom. The monoisotopic (exact) mass is 281 g/mol. The summed E-state index contributed by atoms with van der Waals surface area (Å²) in [6, 6.07) is 8.02. The Morgan fingerprint density at radius 1 is 1.42 bits per heavy atom. The van der Waals surface area contributed by atoms with E-state index in [4.69, 9.17) is 16.3 Å². The molecule has 0 N–H and O–H groups in total. The summed E-state index contributed by atoms with van der Waals surface area (Å²) in [6.45, 7) is 3.99. The molecule has 0 bridgehead atoms. The zero-order chi connectivity index (χ0) is 13.8. The summed E-state index contributed by atoms with van der Waals surface area (Å²) in [6.07, 6.45) is 1.09. The van der Waals surface area contributed by atoms with E-state index in [1.807, 2.05) is 12.1 Å². The fraction of sp³-hybridized carbons (Fsp3) is 0.533. The predicted molar refractivity (Wildman–Crippen MR) is 76.4 cm³/mol. The number of benzene rings is 1. The molecule has 3 nitrogen and oxygen atoms in total. The normalized spacial score (nSPS) is 24.2. The number of hydrogen-bond donors (Lipinski definition) is 0. The second-order valence-corrected chi connectivity index (χ2v) is 5.71. The average Bonchev–Trinajstić information content (AvgIpc) is 2.38. The van der Waals surface area contributed by atoms with Crippen LogP contribution >= 0.6 is 11.6 Å². The van der Waals surface area contributed by atoms with Crippen molar-refractivity contribution in [3.8, 4) is 0 Å². The van der Waals surface area contributed by atoms with Crippen LogP contribution < -0.4 is 0 Å². The number of hydrogen-bond acceptors (Lipinski definition) is 3. The highest BCUT2D eigenvalue weighted by Gasteiger charge is 2.29. The number of likely N-dealkylation sites (tertiary alicyclic amines) is 1. The first-order valence-corrected chi connectivity index (χ1v) is 7.01. The molecule has 4 heteroatoms. The van der Waals surface area contributed by atoms with Crippen LogP contribution in [-0.2, 0) is 9.53 Å². The molecule has 1 heterocycles. The van der Waals surface area contributed by atoms with Crippen LogP contribution in [0.25, 0.3) is 0 Å².